The minimum absolute atomic E-state index is 0.0140. The second kappa shape index (κ2) is 7.28. The zero-order chi connectivity index (χ0) is 17.6. The number of H-pyrrole nitrogens is 1. The molecule has 2 N–H and O–H groups in total. The lowest BCUT2D eigenvalue weighted by atomic mass is 10.0. The van der Waals surface area contributed by atoms with Crippen LogP contribution in [0.1, 0.15) is 10.4 Å². The molecule has 0 unspecified atom stereocenters. The van der Waals surface area contributed by atoms with E-state index < -0.39 is 11.5 Å². The number of carbonyl (C=O) groups is 1. The molecule has 5 nitrogen and oxygen atoms in total. The highest BCUT2D eigenvalue weighted by molar-refractivity contribution is 5.94. The SMILES string of the molecule is N#CCNC(=O)c1ccc(-c2ccc(-c3ccccc3)cc2)[nH]c1=O. The van der Waals surface area contributed by atoms with Gasteiger partial charge in [-0.05, 0) is 28.8 Å². The van der Waals surface area contributed by atoms with Crippen molar-refractivity contribution < 1.29 is 4.79 Å². The molecule has 0 fully saturated rings. The summed E-state index contributed by atoms with van der Waals surface area (Å²) in [5.74, 6) is -0.561. The van der Waals surface area contributed by atoms with Gasteiger partial charge in [0.05, 0.1) is 6.07 Å². The standard InChI is InChI=1S/C20H15N3O2/c21-12-13-22-19(24)17-10-11-18(23-20(17)25)16-8-6-15(7-9-16)14-4-2-1-3-5-14/h1-11H,13H2,(H,22,24)(H,23,25). The van der Waals surface area contributed by atoms with E-state index in [1.165, 1.54) is 6.07 Å². The molecule has 0 aliphatic carbocycles. The number of carbonyl (C=O) groups excluding carboxylic acids is 1. The molecule has 2 aromatic carbocycles. The molecule has 0 spiro atoms. The fourth-order valence-electron chi connectivity index (χ4n) is 2.51. The summed E-state index contributed by atoms with van der Waals surface area (Å²) in [5.41, 5.74) is 3.17. The lowest BCUT2D eigenvalue weighted by molar-refractivity contribution is 0.0957. The van der Waals surface area contributed by atoms with Gasteiger partial charge in [-0.25, -0.2) is 0 Å². The van der Waals surface area contributed by atoms with Gasteiger partial charge in [-0.3, -0.25) is 9.59 Å². The fourth-order valence-corrected chi connectivity index (χ4v) is 2.51. The Labute approximate surface area is 144 Å². The van der Waals surface area contributed by atoms with E-state index in [9.17, 15) is 9.59 Å². The summed E-state index contributed by atoms with van der Waals surface area (Å²) in [5, 5.41) is 10.8. The highest BCUT2D eigenvalue weighted by Crippen LogP contribution is 2.23. The molecular weight excluding hydrogens is 314 g/mol. The van der Waals surface area contributed by atoms with Crippen LogP contribution < -0.4 is 10.9 Å². The van der Waals surface area contributed by atoms with Gasteiger partial charge >= 0.3 is 0 Å². The summed E-state index contributed by atoms with van der Waals surface area (Å²) in [6.45, 7) is -0.138. The largest absolute Gasteiger partial charge is 0.339 e. The van der Waals surface area contributed by atoms with Gasteiger partial charge in [0.15, 0.2) is 0 Å². The van der Waals surface area contributed by atoms with Crippen molar-refractivity contribution in [1.82, 2.24) is 10.3 Å². The van der Waals surface area contributed by atoms with Crippen LogP contribution in [0, 0.1) is 11.3 Å². The molecule has 1 aromatic heterocycles. The zero-order valence-corrected chi connectivity index (χ0v) is 13.3. The van der Waals surface area contributed by atoms with Crippen molar-refractivity contribution in [3.05, 3.63) is 82.6 Å². The molecule has 0 saturated carbocycles. The van der Waals surface area contributed by atoms with Crippen LogP contribution in [0.25, 0.3) is 22.4 Å². The molecule has 25 heavy (non-hydrogen) atoms. The number of benzene rings is 2. The van der Waals surface area contributed by atoms with Crippen LogP contribution in [0.3, 0.4) is 0 Å². The van der Waals surface area contributed by atoms with Crippen molar-refractivity contribution in [2.24, 2.45) is 0 Å². The summed E-state index contributed by atoms with van der Waals surface area (Å²) in [7, 11) is 0. The highest BCUT2D eigenvalue weighted by Gasteiger charge is 2.11. The molecule has 0 saturated heterocycles. The van der Waals surface area contributed by atoms with Crippen molar-refractivity contribution in [3.63, 3.8) is 0 Å². The minimum Gasteiger partial charge on any atom is -0.339 e. The summed E-state index contributed by atoms with van der Waals surface area (Å²) in [4.78, 5) is 26.6. The first kappa shape index (κ1) is 16.2. The quantitative estimate of drug-likeness (QED) is 0.722. The Balaban J connectivity index is 1.85. The molecule has 0 radical (unpaired) electrons. The minimum atomic E-state index is -0.561. The third-order valence-electron chi connectivity index (χ3n) is 3.79. The van der Waals surface area contributed by atoms with E-state index in [1.807, 2.05) is 54.6 Å². The van der Waals surface area contributed by atoms with E-state index in [-0.39, 0.29) is 12.1 Å². The number of hydrogen-bond acceptors (Lipinski definition) is 3. The molecule has 3 aromatic rings. The van der Waals surface area contributed by atoms with Gasteiger partial charge < -0.3 is 10.3 Å². The smallest absolute Gasteiger partial charge is 0.261 e. The second-order valence-electron chi connectivity index (χ2n) is 5.40. The molecule has 5 heteroatoms. The molecule has 3 rings (SSSR count). The maximum atomic E-state index is 12.1. The molecule has 0 aliphatic heterocycles. The Morgan fingerprint density at radius 2 is 1.56 bits per heavy atom. The monoisotopic (exact) mass is 329 g/mol. The predicted octanol–water partition coefficient (Wildman–Crippen LogP) is 2.96. The van der Waals surface area contributed by atoms with Crippen LogP contribution in [-0.2, 0) is 0 Å². The number of nitrogens with zero attached hydrogens (tertiary/aromatic N) is 1. The van der Waals surface area contributed by atoms with Gasteiger partial charge in [0.25, 0.3) is 11.5 Å². The maximum absolute atomic E-state index is 12.1. The van der Waals surface area contributed by atoms with Gasteiger partial charge in [-0.2, -0.15) is 5.26 Å². The average molecular weight is 329 g/mol. The average Bonchev–Trinajstić information content (AvgIpc) is 2.67. The first-order valence-electron chi connectivity index (χ1n) is 7.73. The maximum Gasteiger partial charge on any atom is 0.261 e. The summed E-state index contributed by atoms with van der Waals surface area (Å²) >= 11 is 0. The van der Waals surface area contributed by atoms with Crippen molar-refractivity contribution in [1.29, 1.82) is 5.26 Å². The van der Waals surface area contributed by atoms with Crippen LogP contribution in [-0.4, -0.2) is 17.4 Å². The van der Waals surface area contributed by atoms with Gasteiger partial charge in [0, 0.05) is 5.69 Å². The molecule has 0 atom stereocenters. The number of hydrogen-bond donors (Lipinski definition) is 2. The normalized spacial score (nSPS) is 10.0. The van der Waals surface area contributed by atoms with Gasteiger partial charge in [0.1, 0.15) is 12.1 Å². The number of nitrogens with one attached hydrogen (secondary N) is 2. The Morgan fingerprint density at radius 1 is 0.920 bits per heavy atom. The van der Waals surface area contributed by atoms with E-state index in [0.29, 0.717) is 5.69 Å². The topological polar surface area (TPSA) is 85.8 Å². The summed E-state index contributed by atoms with van der Waals surface area (Å²) in [6.07, 6.45) is 0. The molecule has 0 bridgehead atoms. The van der Waals surface area contributed by atoms with Crippen molar-refractivity contribution in [3.8, 4) is 28.5 Å². The van der Waals surface area contributed by atoms with Gasteiger partial charge in [0.2, 0.25) is 0 Å². The zero-order valence-electron chi connectivity index (χ0n) is 13.3. The highest BCUT2D eigenvalue weighted by atomic mass is 16.2. The Hall–Kier alpha value is -3.65. The molecule has 0 aliphatic rings. The van der Waals surface area contributed by atoms with Crippen LogP contribution in [0.5, 0.6) is 0 Å². The van der Waals surface area contributed by atoms with E-state index in [1.54, 1.807) is 12.1 Å². The molecular formula is C20H15N3O2. The fraction of sp³-hybridized carbons (Fsp3) is 0.0500. The Morgan fingerprint density at radius 3 is 2.20 bits per heavy atom. The van der Waals surface area contributed by atoms with Crippen LogP contribution >= 0.6 is 0 Å². The van der Waals surface area contributed by atoms with E-state index in [2.05, 4.69) is 10.3 Å². The van der Waals surface area contributed by atoms with Crippen LogP contribution in [0.15, 0.2) is 71.5 Å². The van der Waals surface area contributed by atoms with Crippen molar-refractivity contribution in [2.75, 3.05) is 6.54 Å². The van der Waals surface area contributed by atoms with Crippen molar-refractivity contribution >= 4 is 5.91 Å². The molecule has 1 heterocycles. The lowest BCUT2D eigenvalue weighted by Gasteiger charge is -2.06. The number of aromatic nitrogens is 1. The predicted molar refractivity (Wildman–Crippen MR) is 95.9 cm³/mol. The van der Waals surface area contributed by atoms with E-state index >= 15 is 0 Å². The van der Waals surface area contributed by atoms with Crippen LogP contribution in [0.4, 0.5) is 0 Å². The number of rotatable bonds is 4. The second-order valence-corrected chi connectivity index (χ2v) is 5.40. The Bertz CT molecular complexity index is 984. The molecule has 122 valence electrons. The molecule has 1 amide bonds. The lowest BCUT2D eigenvalue weighted by Crippen LogP contribution is -2.29. The van der Waals surface area contributed by atoms with E-state index in [0.717, 1.165) is 16.7 Å². The third-order valence-corrected chi connectivity index (χ3v) is 3.79. The number of nitriles is 1. The van der Waals surface area contributed by atoms with Crippen molar-refractivity contribution in [2.45, 2.75) is 0 Å². The number of amides is 1. The Kier molecular flexibility index (Phi) is 4.72. The third kappa shape index (κ3) is 3.65. The van der Waals surface area contributed by atoms with Crippen LogP contribution in [0.2, 0.25) is 0 Å². The number of pyridine rings is 1. The van der Waals surface area contributed by atoms with Gasteiger partial charge in [-0.15, -0.1) is 0 Å². The number of aromatic amines is 1. The summed E-state index contributed by atoms with van der Waals surface area (Å²) < 4.78 is 0. The summed E-state index contributed by atoms with van der Waals surface area (Å²) in [6, 6.07) is 22.8. The van der Waals surface area contributed by atoms with Gasteiger partial charge in [-0.1, -0.05) is 54.6 Å². The first-order valence-corrected chi connectivity index (χ1v) is 7.73. The van der Waals surface area contributed by atoms with E-state index in [4.69, 9.17) is 5.26 Å². The first-order chi connectivity index (χ1) is 12.2.